The van der Waals surface area contributed by atoms with Crippen molar-refractivity contribution in [2.75, 3.05) is 13.1 Å². The van der Waals surface area contributed by atoms with Crippen molar-refractivity contribution in [2.45, 2.75) is 37.9 Å². The molecular formula is C9H15F3N2S. The highest BCUT2D eigenvalue weighted by Gasteiger charge is 2.31. The van der Waals surface area contributed by atoms with E-state index in [1.54, 1.807) is 4.90 Å². The van der Waals surface area contributed by atoms with Gasteiger partial charge in [0.15, 0.2) is 0 Å². The van der Waals surface area contributed by atoms with Crippen LogP contribution in [0.3, 0.4) is 0 Å². The summed E-state index contributed by atoms with van der Waals surface area (Å²) in [7, 11) is 0. The number of nitrogens with zero attached hydrogens (tertiary/aromatic N) is 1. The lowest BCUT2D eigenvalue weighted by Gasteiger charge is -2.35. The van der Waals surface area contributed by atoms with Gasteiger partial charge in [-0.1, -0.05) is 18.6 Å². The zero-order chi connectivity index (χ0) is 11.5. The lowest BCUT2D eigenvalue weighted by atomic mass is 10.0. The summed E-state index contributed by atoms with van der Waals surface area (Å²) in [6, 6.07) is -0.142. The molecule has 2 nitrogen and oxygen atoms in total. The first-order valence-electron chi connectivity index (χ1n) is 5.00. The van der Waals surface area contributed by atoms with Crippen molar-refractivity contribution in [1.29, 1.82) is 0 Å². The smallest absolute Gasteiger partial charge is 0.390 e. The summed E-state index contributed by atoms with van der Waals surface area (Å²) in [6.07, 6.45) is -2.18. The van der Waals surface area contributed by atoms with Crippen molar-refractivity contribution in [3.8, 4) is 0 Å². The molecule has 0 aromatic heterocycles. The number of hydrogen-bond donors (Lipinski definition) is 1. The number of likely N-dealkylation sites (tertiary alicyclic amines) is 1. The molecule has 1 unspecified atom stereocenters. The van der Waals surface area contributed by atoms with Gasteiger partial charge >= 0.3 is 6.18 Å². The third kappa shape index (κ3) is 4.34. The first-order chi connectivity index (χ1) is 6.90. The van der Waals surface area contributed by atoms with Crippen LogP contribution in [0.2, 0.25) is 0 Å². The van der Waals surface area contributed by atoms with Crippen molar-refractivity contribution in [3.05, 3.63) is 0 Å². The Kier molecular flexibility index (Phi) is 4.33. The van der Waals surface area contributed by atoms with Crippen molar-refractivity contribution < 1.29 is 13.2 Å². The summed E-state index contributed by atoms with van der Waals surface area (Å²) in [4.78, 5) is 2.07. The van der Waals surface area contributed by atoms with Gasteiger partial charge in [-0.05, 0) is 19.4 Å². The third-order valence-corrected chi connectivity index (χ3v) is 2.90. The van der Waals surface area contributed by atoms with E-state index in [0.29, 0.717) is 11.5 Å². The minimum Gasteiger partial charge on any atom is -0.392 e. The van der Waals surface area contributed by atoms with Gasteiger partial charge in [-0.2, -0.15) is 13.2 Å². The quantitative estimate of drug-likeness (QED) is 0.766. The molecule has 1 saturated heterocycles. The molecule has 2 N–H and O–H groups in total. The average Bonchev–Trinajstić information content (AvgIpc) is 2.14. The van der Waals surface area contributed by atoms with Crippen molar-refractivity contribution >= 4 is 17.2 Å². The molecular weight excluding hydrogens is 225 g/mol. The highest BCUT2D eigenvalue weighted by molar-refractivity contribution is 7.80. The Morgan fingerprint density at radius 2 is 2.07 bits per heavy atom. The molecule has 1 fully saturated rings. The lowest BCUT2D eigenvalue weighted by Crippen LogP contribution is -2.47. The van der Waals surface area contributed by atoms with Gasteiger partial charge in [0, 0.05) is 6.54 Å². The standard InChI is InChI=1S/C9H15F3N2S/c10-9(11,12)4-6-14-5-2-1-3-7(14)8(13)15/h7H,1-6H2,(H2,13,15). The molecule has 88 valence electrons. The fourth-order valence-electron chi connectivity index (χ4n) is 1.85. The van der Waals surface area contributed by atoms with E-state index in [1.807, 2.05) is 0 Å². The molecule has 6 heteroatoms. The van der Waals surface area contributed by atoms with E-state index in [-0.39, 0.29) is 12.6 Å². The van der Waals surface area contributed by atoms with Crippen molar-refractivity contribution in [1.82, 2.24) is 4.90 Å². The van der Waals surface area contributed by atoms with Crippen LogP contribution in [0.4, 0.5) is 13.2 Å². The number of rotatable bonds is 3. The molecule has 0 bridgehead atoms. The number of thiocarbonyl (C=S) groups is 1. The number of alkyl halides is 3. The Morgan fingerprint density at radius 1 is 1.40 bits per heavy atom. The first kappa shape index (κ1) is 12.7. The molecule has 15 heavy (non-hydrogen) atoms. The summed E-state index contributed by atoms with van der Waals surface area (Å²) >= 11 is 4.86. The predicted molar refractivity (Wildman–Crippen MR) is 56.7 cm³/mol. The average molecular weight is 240 g/mol. The van der Waals surface area contributed by atoms with Gasteiger partial charge in [-0.15, -0.1) is 0 Å². The van der Waals surface area contributed by atoms with Crippen molar-refractivity contribution in [3.63, 3.8) is 0 Å². The number of piperidine rings is 1. The number of hydrogen-bond acceptors (Lipinski definition) is 2. The van der Waals surface area contributed by atoms with Gasteiger partial charge in [0.2, 0.25) is 0 Å². The summed E-state index contributed by atoms with van der Waals surface area (Å²) in [5, 5.41) is 0. The van der Waals surface area contributed by atoms with E-state index in [0.717, 1.165) is 19.3 Å². The molecule has 1 rings (SSSR count). The Bertz CT molecular complexity index is 230. The van der Waals surface area contributed by atoms with Gasteiger partial charge in [0.25, 0.3) is 0 Å². The molecule has 0 aromatic carbocycles. The van der Waals surface area contributed by atoms with E-state index in [9.17, 15) is 13.2 Å². The van der Waals surface area contributed by atoms with E-state index < -0.39 is 12.6 Å². The second-order valence-corrected chi connectivity index (χ2v) is 4.29. The van der Waals surface area contributed by atoms with Crippen LogP contribution < -0.4 is 5.73 Å². The lowest BCUT2D eigenvalue weighted by molar-refractivity contribution is -0.139. The molecule has 1 aliphatic rings. The van der Waals surface area contributed by atoms with Gasteiger partial charge in [0.05, 0.1) is 17.5 Å². The number of nitrogens with two attached hydrogens (primary N) is 1. The third-order valence-electron chi connectivity index (χ3n) is 2.62. The van der Waals surface area contributed by atoms with E-state index in [2.05, 4.69) is 0 Å². The highest BCUT2D eigenvalue weighted by Crippen LogP contribution is 2.23. The maximum atomic E-state index is 12.0. The fraction of sp³-hybridized carbons (Fsp3) is 0.889. The Morgan fingerprint density at radius 3 is 2.60 bits per heavy atom. The summed E-state index contributed by atoms with van der Waals surface area (Å²) < 4.78 is 36.1. The molecule has 0 aromatic rings. The van der Waals surface area contributed by atoms with Crippen LogP contribution in [0.5, 0.6) is 0 Å². The van der Waals surface area contributed by atoms with Crippen LogP contribution in [0.25, 0.3) is 0 Å². The minimum atomic E-state index is -4.10. The summed E-state index contributed by atoms with van der Waals surface area (Å²) in [6.45, 7) is 0.670. The van der Waals surface area contributed by atoms with Crippen LogP contribution in [0.1, 0.15) is 25.7 Å². The molecule has 1 heterocycles. The predicted octanol–water partition coefficient (Wildman–Crippen LogP) is 2.08. The van der Waals surface area contributed by atoms with Gasteiger partial charge in [-0.3, -0.25) is 4.90 Å². The Hall–Kier alpha value is -0.360. The fourth-order valence-corrected chi connectivity index (χ4v) is 2.12. The van der Waals surface area contributed by atoms with E-state index in [1.165, 1.54) is 0 Å². The van der Waals surface area contributed by atoms with Gasteiger partial charge in [0.1, 0.15) is 0 Å². The maximum Gasteiger partial charge on any atom is 0.390 e. The molecule has 1 aliphatic heterocycles. The SMILES string of the molecule is NC(=S)C1CCCCN1CCC(F)(F)F. The molecule has 0 aliphatic carbocycles. The Balaban J connectivity index is 2.46. The zero-order valence-electron chi connectivity index (χ0n) is 8.39. The summed E-state index contributed by atoms with van der Waals surface area (Å²) in [5.41, 5.74) is 5.51. The van der Waals surface area contributed by atoms with E-state index in [4.69, 9.17) is 18.0 Å². The topological polar surface area (TPSA) is 29.3 Å². The molecule has 0 saturated carbocycles. The molecule has 0 radical (unpaired) electrons. The second-order valence-electron chi connectivity index (χ2n) is 3.82. The zero-order valence-corrected chi connectivity index (χ0v) is 9.20. The maximum absolute atomic E-state index is 12.0. The van der Waals surface area contributed by atoms with Crippen LogP contribution >= 0.6 is 12.2 Å². The summed E-state index contributed by atoms with van der Waals surface area (Å²) in [5.74, 6) is 0. The van der Waals surface area contributed by atoms with Crippen LogP contribution in [-0.4, -0.2) is 35.2 Å². The van der Waals surface area contributed by atoms with Gasteiger partial charge < -0.3 is 5.73 Å². The largest absolute Gasteiger partial charge is 0.392 e. The molecule has 0 amide bonds. The van der Waals surface area contributed by atoms with Crippen LogP contribution in [0.15, 0.2) is 0 Å². The van der Waals surface area contributed by atoms with Crippen LogP contribution in [0, 0.1) is 0 Å². The Labute approximate surface area is 92.6 Å². The molecule has 1 atom stereocenters. The van der Waals surface area contributed by atoms with Gasteiger partial charge in [-0.25, -0.2) is 0 Å². The van der Waals surface area contributed by atoms with Crippen molar-refractivity contribution in [2.24, 2.45) is 5.73 Å². The van der Waals surface area contributed by atoms with Crippen LogP contribution in [-0.2, 0) is 0 Å². The van der Waals surface area contributed by atoms with E-state index >= 15 is 0 Å². The highest BCUT2D eigenvalue weighted by atomic mass is 32.1. The first-order valence-corrected chi connectivity index (χ1v) is 5.41. The second kappa shape index (κ2) is 5.12. The normalized spacial score (nSPS) is 24.1. The molecule has 0 spiro atoms. The monoisotopic (exact) mass is 240 g/mol. The minimum absolute atomic E-state index is 0.00546. The number of halogens is 3.